The lowest BCUT2D eigenvalue weighted by molar-refractivity contribution is 0.0535. The van der Waals surface area contributed by atoms with Gasteiger partial charge in [0, 0.05) is 11.3 Å². The summed E-state index contributed by atoms with van der Waals surface area (Å²) in [6, 6.07) is 7.83. The number of ether oxygens (including phenoxy) is 1. The molecule has 0 radical (unpaired) electrons. The van der Waals surface area contributed by atoms with E-state index in [4.69, 9.17) is 10.00 Å². The van der Waals surface area contributed by atoms with Gasteiger partial charge in [0.15, 0.2) is 0 Å². The van der Waals surface area contributed by atoms with Crippen LogP contribution in [0, 0.1) is 11.3 Å². The maximum Gasteiger partial charge on any atom is 0.338 e. The Hall–Kier alpha value is -2.02. The van der Waals surface area contributed by atoms with E-state index in [1.807, 2.05) is 12.1 Å². The molecule has 1 aromatic rings. The molecule has 17 heavy (non-hydrogen) atoms. The van der Waals surface area contributed by atoms with E-state index in [1.54, 1.807) is 6.07 Å². The fraction of sp³-hybridized carbons (Fsp3) is 0.385. The van der Waals surface area contributed by atoms with Crippen LogP contribution in [-0.2, 0) is 11.3 Å². The molecule has 0 spiro atoms. The molecule has 0 atom stereocenters. The number of hydrogen-bond acceptors (Lipinski definition) is 4. The Balaban J connectivity index is 1.86. The molecule has 1 aliphatic heterocycles. The number of nitrogens with one attached hydrogen (secondary N) is 1. The van der Waals surface area contributed by atoms with Gasteiger partial charge in [-0.25, -0.2) is 4.79 Å². The molecule has 0 saturated heterocycles. The van der Waals surface area contributed by atoms with Crippen molar-refractivity contribution < 1.29 is 9.53 Å². The summed E-state index contributed by atoms with van der Waals surface area (Å²) < 4.78 is 4.94. The van der Waals surface area contributed by atoms with Crippen molar-refractivity contribution >= 4 is 11.7 Å². The Morgan fingerprint density at radius 2 is 2.24 bits per heavy atom. The molecule has 4 heteroatoms. The van der Waals surface area contributed by atoms with Gasteiger partial charge in [-0.1, -0.05) is 0 Å². The van der Waals surface area contributed by atoms with Gasteiger partial charge < -0.3 is 10.1 Å². The van der Waals surface area contributed by atoms with Gasteiger partial charge in [0.25, 0.3) is 0 Å². The molecule has 1 heterocycles. The minimum absolute atomic E-state index is 0.259. The highest BCUT2D eigenvalue weighted by Crippen LogP contribution is 2.35. The van der Waals surface area contributed by atoms with E-state index in [0.717, 1.165) is 30.5 Å². The van der Waals surface area contributed by atoms with Crippen LogP contribution in [0.15, 0.2) is 18.2 Å². The lowest BCUT2D eigenvalue weighted by atomic mass is 9.78. The first-order chi connectivity index (χ1) is 8.22. The van der Waals surface area contributed by atoms with E-state index in [2.05, 4.69) is 11.4 Å². The minimum atomic E-state index is -0.405. The predicted octanol–water partition coefficient (Wildman–Crippen LogP) is 2.22. The zero-order valence-electron chi connectivity index (χ0n) is 9.32. The molecule has 1 saturated carbocycles. The maximum atomic E-state index is 11.3. The average Bonchev–Trinajstić information content (AvgIpc) is 2.65. The molecule has 4 nitrogen and oxygen atoms in total. The van der Waals surface area contributed by atoms with E-state index in [-0.39, 0.29) is 5.97 Å². The van der Waals surface area contributed by atoms with Gasteiger partial charge in [-0.05, 0) is 37.5 Å². The molecule has 86 valence electrons. The third-order valence-corrected chi connectivity index (χ3v) is 3.49. The van der Waals surface area contributed by atoms with Crippen LogP contribution in [0.3, 0.4) is 0 Å². The molecule has 0 bridgehead atoms. The van der Waals surface area contributed by atoms with Gasteiger partial charge in [-0.3, -0.25) is 0 Å². The number of cyclic esters (lactones) is 1. The summed E-state index contributed by atoms with van der Waals surface area (Å²) >= 11 is 0. The topological polar surface area (TPSA) is 62.1 Å². The number of nitrogens with zero attached hydrogens (tertiary/aromatic N) is 1. The van der Waals surface area contributed by atoms with E-state index in [1.165, 1.54) is 0 Å². The predicted molar refractivity (Wildman–Crippen MR) is 61.4 cm³/mol. The Morgan fingerprint density at radius 1 is 1.41 bits per heavy atom. The molecule has 3 rings (SSSR count). The standard InChI is InChI=1S/C13H12N2O2/c14-8-13(4-1-5-13)15-10-2-3-11-9(6-10)7-17-12(11)16/h2-3,6,15H,1,4-5,7H2. The molecule has 2 aliphatic rings. The number of anilines is 1. The van der Waals surface area contributed by atoms with Crippen LogP contribution in [0.4, 0.5) is 5.69 Å². The largest absolute Gasteiger partial charge is 0.457 e. The summed E-state index contributed by atoms with van der Waals surface area (Å²) in [4.78, 5) is 11.3. The van der Waals surface area contributed by atoms with E-state index < -0.39 is 5.54 Å². The van der Waals surface area contributed by atoms with Crippen molar-refractivity contribution in [2.75, 3.05) is 5.32 Å². The Morgan fingerprint density at radius 3 is 2.88 bits per heavy atom. The second-order valence-electron chi connectivity index (χ2n) is 4.62. The zero-order chi connectivity index (χ0) is 11.9. The average molecular weight is 228 g/mol. The first-order valence-corrected chi connectivity index (χ1v) is 5.72. The van der Waals surface area contributed by atoms with Crippen molar-refractivity contribution in [3.8, 4) is 6.07 Å². The highest BCUT2D eigenvalue weighted by molar-refractivity contribution is 5.93. The van der Waals surface area contributed by atoms with Gasteiger partial charge in [0.05, 0.1) is 11.6 Å². The van der Waals surface area contributed by atoms with E-state index >= 15 is 0 Å². The van der Waals surface area contributed by atoms with Crippen molar-refractivity contribution in [2.45, 2.75) is 31.4 Å². The Bertz CT molecular complexity index is 527. The maximum absolute atomic E-state index is 11.3. The lowest BCUT2D eigenvalue weighted by Crippen LogP contribution is -2.43. The van der Waals surface area contributed by atoms with E-state index in [0.29, 0.717) is 12.2 Å². The molecular formula is C13H12N2O2. The van der Waals surface area contributed by atoms with Crippen LogP contribution in [0.1, 0.15) is 35.2 Å². The summed E-state index contributed by atoms with van der Waals surface area (Å²) in [5, 5.41) is 12.4. The number of fused-ring (bicyclic) bond motifs is 1. The number of rotatable bonds is 2. The number of nitriles is 1. The normalized spacial score (nSPS) is 19.8. The third kappa shape index (κ3) is 1.55. The fourth-order valence-electron chi connectivity index (χ4n) is 2.28. The van der Waals surface area contributed by atoms with Crippen LogP contribution >= 0.6 is 0 Å². The first kappa shape index (κ1) is 10.2. The minimum Gasteiger partial charge on any atom is -0.457 e. The van der Waals surface area contributed by atoms with Gasteiger partial charge in [-0.15, -0.1) is 0 Å². The summed E-state index contributed by atoms with van der Waals surface area (Å²) in [5.74, 6) is -0.259. The van der Waals surface area contributed by atoms with Gasteiger partial charge in [0.2, 0.25) is 0 Å². The quantitative estimate of drug-likeness (QED) is 0.788. The molecule has 0 amide bonds. The summed E-state index contributed by atoms with van der Waals surface area (Å²) in [6.45, 7) is 0.337. The number of esters is 1. The van der Waals surface area contributed by atoms with Crippen molar-refractivity contribution in [1.82, 2.24) is 0 Å². The Labute approximate surface area is 99.2 Å². The van der Waals surface area contributed by atoms with E-state index in [9.17, 15) is 4.79 Å². The van der Waals surface area contributed by atoms with Gasteiger partial charge >= 0.3 is 5.97 Å². The summed E-state index contributed by atoms with van der Waals surface area (Å²) in [6.07, 6.45) is 2.86. The van der Waals surface area contributed by atoms with Gasteiger partial charge in [0.1, 0.15) is 12.1 Å². The van der Waals surface area contributed by atoms with Crippen molar-refractivity contribution in [3.63, 3.8) is 0 Å². The number of carbonyl (C=O) groups excluding carboxylic acids is 1. The number of hydrogen-bond donors (Lipinski definition) is 1. The second-order valence-corrected chi connectivity index (χ2v) is 4.62. The highest BCUT2D eigenvalue weighted by Gasteiger charge is 2.37. The SMILES string of the molecule is N#CC1(Nc2ccc3c(c2)COC3=O)CCC1. The molecule has 1 fully saturated rings. The molecule has 0 unspecified atom stereocenters. The number of carbonyl (C=O) groups is 1. The monoisotopic (exact) mass is 228 g/mol. The van der Waals surface area contributed by atoms with Crippen molar-refractivity contribution in [2.24, 2.45) is 0 Å². The van der Waals surface area contributed by atoms with Crippen LogP contribution in [0.5, 0.6) is 0 Å². The summed E-state index contributed by atoms with van der Waals surface area (Å²) in [7, 11) is 0. The van der Waals surface area contributed by atoms with Crippen LogP contribution in [0.25, 0.3) is 0 Å². The van der Waals surface area contributed by atoms with Crippen LogP contribution < -0.4 is 5.32 Å². The third-order valence-electron chi connectivity index (χ3n) is 3.49. The van der Waals surface area contributed by atoms with Crippen LogP contribution in [-0.4, -0.2) is 11.5 Å². The first-order valence-electron chi connectivity index (χ1n) is 5.72. The van der Waals surface area contributed by atoms with Crippen molar-refractivity contribution in [1.29, 1.82) is 5.26 Å². The molecule has 1 aliphatic carbocycles. The highest BCUT2D eigenvalue weighted by atomic mass is 16.5. The number of benzene rings is 1. The van der Waals surface area contributed by atoms with Crippen LogP contribution in [0.2, 0.25) is 0 Å². The van der Waals surface area contributed by atoms with Crippen molar-refractivity contribution in [3.05, 3.63) is 29.3 Å². The smallest absolute Gasteiger partial charge is 0.338 e. The molecule has 1 N–H and O–H groups in total. The zero-order valence-corrected chi connectivity index (χ0v) is 9.32. The summed E-state index contributed by atoms with van der Waals surface area (Å²) in [5.41, 5.74) is 2.02. The molecular weight excluding hydrogens is 216 g/mol. The molecule has 1 aromatic carbocycles. The Kier molecular flexibility index (Phi) is 2.08. The fourth-order valence-corrected chi connectivity index (χ4v) is 2.28. The molecule has 0 aromatic heterocycles. The van der Waals surface area contributed by atoms with Gasteiger partial charge in [-0.2, -0.15) is 5.26 Å². The lowest BCUT2D eigenvalue weighted by Gasteiger charge is -2.36. The second kappa shape index (κ2) is 3.49.